The van der Waals surface area contributed by atoms with E-state index >= 15 is 0 Å². The Kier molecular flexibility index (Phi) is 4.15. The summed E-state index contributed by atoms with van der Waals surface area (Å²) < 4.78 is 11.3. The molecular formula is C19H15ClN2O3. The molecule has 0 aromatic heterocycles. The van der Waals surface area contributed by atoms with Gasteiger partial charge in [0.2, 0.25) is 0 Å². The van der Waals surface area contributed by atoms with E-state index in [1.807, 2.05) is 30.3 Å². The predicted octanol–water partition coefficient (Wildman–Crippen LogP) is 3.42. The lowest BCUT2D eigenvalue weighted by molar-refractivity contribution is -0.115. The third-order valence-electron chi connectivity index (χ3n) is 3.89. The number of benzene rings is 2. The fourth-order valence-corrected chi connectivity index (χ4v) is 2.77. The molecule has 1 N–H and O–H groups in total. The number of hydrogen-bond acceptors (Lipinski definition) is 4. The number of halogens is 1. The second-order valence-electron chi connectivity index (χ2n) is 5.71. The first-order valence-corrected chi connectivity index (χ1v) is 8.34. The molecular weight excluding hydrogens is 340 g/mol. The Morgan fingerprint density at radius 2 is 1.80 bits per heavy atom. The minimum atomic E-state index is -0.239. The zero-order valence-electron chi connectivity index (χ0n) is 13.3. The average molecular weight is 355 g/mol. The number of aliphatic imine (C=N–C) groups is 1. The van der Waals surface area contributed by atoms with Crippen molar-refractivity contribution >= 4 is 29.4 Å². The van der Waals surface area contributed by atoms with Crippen LogP contribution in [0.3, 0.4) is 0 Å². The van der Waals surface area contributed by atoms with Crippen molar-refractivity contribution in [1.29, 1.82) is 0 Å². The van der Waals surface area contributed by atoms with Gasteiger partial charge >= 0.3 is 0 Å². The quantitative estimate of drug-likeness (QED) is 0.841. The fourth-order valence-electron chi connectivity index (χ4n) is 2.64. The van der Waals surface area contributed by atoms with E-state index in [4.69, 9.17) is 21.1 Å². The van der Waals surface area contributed by atoms with Crippen molar-refractivity contribution in [3.8, 4) is 11.5 Å². The lowest BCUT2D eigenvalue weighted by Gasteiger charge is -2.07. The van der Waals surface area contributed by atoms with E-state index in [9.17, 15) is 4.79 Å². The molecule has 1 amide bonds. The molecule has 0 saturated carbocycles. The number of carbonyl (C=O) groups excluding carboxylic acids is 1. The number of rotatable bonds is 2. The van der Waals surface area contributed by atoms with Crippen molar-refractivity contribution in [1.82, 2.24) is 5.32 Å². The van der Waals surface area contributed by atoms with Gasteiger partial charge in [-0.25, -0.2) is 4.99 Å². The molecule has 0 atom stereocenters. The topological polar surface area (TPSA) is 59.9 Å². The molecule has 2 aliphatic rings. The molecule has 25 heavy (non-hydrogen) atoms. The third-order valence-corrected chi connectivity index (χ3v) is 4.14. The van der Waals surface area contributed by atoms with Gasteiger partial charge in [0.15, 0.2) is 11.5 Å². The Bertz CT molecular complexity index is 888. The van der Waals surface area contributed by atoms with Crippen LogP contribution in [0, 0.1) is 0 Å². The van der Waals surface area contributed by atoms with Gasteiger partial charge in [-0.1, -0.05) is 17.7 Å². The highest BCUT2D eigenvalue weighted by atomic mass is 35.5. The van der Waals surface area contributed by atoms with Crippen molar-refractivity contribution in [3.05, 3.63) is 64.3 Å². The molecule has 2 aromatic rings. The van der Waals surface area contributed by atoms with Crippen LogP contribution in [0.25, 0.3) is 6.08 Å². The van der Waals surface area contributed by atoms with Crippen LogP contribution in [-0.2, 0) is 4.79 Å². The largest absolute Gasteiger partial charge is 0.490 e. The first-order chi connectivity index (χ1) is 12.2. The Labute approximate surface area is 149 Å². The van der Waals surface area contributed by atoms with Crippen LogP contribution in [-0.4, -0.2) is 25.0 Å². The molecule has 2 aromatic carbocycles. The highest BCUT2D eigenvalue weighted by Crippen LogP contribution is 2.31. The molecule has 0 saturated heterocycles. The first kappa shape index (κ1) is 15.7. The highest BCUT2D eigenvalue weighted by Gasteiger charge is 2.21. The molecule has 0 bridgehead atoms. The zero-order chi connectivity index (χ0) is 17.2. The number of ether oxygens (including phenoxy) is 2. The van der Waals surface area contributed by atoms with E-state index in [0.717, 1.165) is 23.3 Å². The maximum absolute atomic E-state index is 12.2. The summed E-state index contributed by atoms with van der Waals surface area (Å²) in [6.45, 7) is 1.26. The molecule has 5 nitrogen and oxygen atoms in total. The summed E-state index contributed by atoms with van der Waals surface area (Å²) in [6.07, 6.45) is 2.58. The number of amidine groups is 1. The number of nitrogens with zero attached hydrogens (tertiary/aromatic N) is 1. The van der Waals surface area contributed by atoms with E-state index in [1.165, 1.54) is 0 Å². The van der Waals surface area contributed by atoms with Crippen LogP contribution >= 0.6 is 11.6 Å². The van der Waals surface area contributed by atoms with Gasteiger partial charge < -0.3 is 14.8 Å². The van der Waals surface area contributed by atoms with Gasteiger partial charge in [0.05, 0.1) is 13.2 Å². The minimum absolute atomic E-state index is 0.239. The van der Waals surface area contributed by atoms with Crippen LogP contribution in [0.2, 0.25) is 5.02 Å². The van der Waals surface area contributed by atoms with Crippen LogP contribution in [0.4, 0.5) is 0 Å². The second kappa shape index (κ2) is 6.61. The van der Waals surface area contributed by atoms with Crippen molar-refractivity contribution < 1.29 is 14.3 Å². The fraction of sp³-hybridized carbons (Fsp3) is 0.158. The standard InChI is InChI=1S/C19H15ClN2O3/c20-14-5-3-13(4-6-14)18-21-15(19(23)22-18)10-12-2-7-16-17(11-12)25-9-1-8-24-16/h2-7,10-11H,1,8-9H2,(H,21,22,23)/b15-10+. The number of carbonyl (C=O) groups is 1. The first-order valence-electron chi connectivity index (χ1n) is 7.96. The van der Waals surface area contributed by atoms with Crippen LogP contribution < -0.4 is 14.8 Å². The number of fused-ring (bicyclic) bond motifs is 1. The molecule has 0 spiro atoms. The van der Waals surface area contributed by atoms with Crippen molar-refractivity contribution in [2.45, 2.75) is 6.42 Å². The molecule has 0 aliphatic carbocycles. The summed E-state index contributed by atoms with van der Waals surface area (Å²) in [7, 11) is 0. The van der Waals surface area contributed by atoms with Crippen molar-refractivity contribution in [2.75, 3.05) is 13.2 Å². The zero-order valence-corrected chi connectivity index (χ0v) is 14.0. The summed E-state index contributed by atoms with van der Waals surface area (Å²) in [5, 5.41) is 3.41. The van der Waals surface area contributed by atoms with E-state index in [-0.39, 0.29) is 5.91 Å². The Balaban J connectivity index is 1.63. The summed E-state index contributed by atoms with van der Waals surface area (Å²) in [4.78, 5) is 16.6. The average Bonchev–Trinajstić information content (AvgIpc) is 2.82. The lowest BCUT2D eigenvalue weighted by atomic mass is 10.1. The van der Waals surface area contributed by atoms with Crippen molar-refractivity contribution in [3.63, 3.8) is 0 Å². The second-order valence-corrected chi connectivity index (χ2v) is 6.14. The van der Waals surface area contributed by atoms with E-state index < -0.39 is 0 Å². The maximum atomic E-state index is 12.2. The summed E-state index contributed by atoms with van der Waals surface area (Å²) in [6, 6.07) is 12.7. The SMILES string of the molecule is O=C1NC(c2ccc(Cl)cc2)=N/C1=C/c1ccc2c(c1)OCCCO2. The molecule has 0 unspecified atom stereocenters. The predicted molar refractivity (Wildman–Crippen MR) is 96.2 cm³/mol. The van der Waals surface area contributed by atoms with Gasteiger partial charge in [-0.2, -0.15) is 0 Å². The summed E-state index contributed by atoms with van der Waals surface area (Å²) in [5.41, 5.74) is 1.98. The highest BCUT2D eigenvalue weighted by molar-refractivity contribution is 6.30. The van der Waals surface area contributed by atoms with Crippen LogP contribution in [0.1, 0.15) is 17.5 Å². The van der Waals surface area contributed by atoms with Crippen molar-refractivity contribution in [2.24, 2.45) is 4.99 Å². The van der Waals surface area contributed by atoms with E-state index in [2.05, 4.69) is 10.3 Å². The molecule has 6 heteroatoms. The number of nitrogens with one attached hydrogen (secondary N) is 1. The molecule has 2 heterocycles. The Morgan fingerprint density at radius 3 is 2.60 bits per heavy atom. The molecule has 126 valence electrons. The molecule has 0 fully saturated rings. The van der Waals surface area contributed by atoms with Gasteiger partial charge in [-0.15, -0.1) is 0 Å². The Morgan fingerprint density at radius 1 is 1.04 bits per heavy atom. The van der Waals surface area contributed by atoms with Gasteiger partial charge in [-0.3, -0.25) is 4.79 Å². The van der Waals surface area contributed by atoms with E-state index in [1.54, 1.807) is 18.2 Å². The van der Waals surface area contributed by atoms with Gasteiger partial charge in [0.1, 0.15) is 11.5 Å². The van der Waals surface area contributed by atoms with Crippen LogP contribution in [0.5, 0.6) is 11.5 Å². The third kappa shape index (κ3) is 3.37. The minimum Gasteiger partial charge on any atom is -0.490 e. The molecule has 2 aliphatic heterocycles. The maximum Gasteiger partial charge on any atom is 0.275 e. The number of amides is 1. The molecule has 0 radical (unpaired) electrons. The summed E-state index contributed by atoms with van der Waals surface area (Å²) in [5.74, 6) is 1.69. The van der Waals surface area contributed by atoms with Crippen LogP contribution in [0.15, 0.2) is 53.2 Å². The smallest absolute Gasteiger partial charge is 0.275 e. The molecule has 4 rings (SSSR count). The normalized spacial score (nSPS) is 17.9. The Hall–Kier alpha value is -2.79. The lowest BCUT2D eigenvalue weighted by Crippen LogP contribution is -2.24. The van der Waals surface area contributed by atoms with Gasteiger partial charge in [-0.05, 0) is 48.0 Å². The monoisotopic (exact) mass is 354 g/mol. The van der Waals surface area contributed by atoms with Gasteiger partial charge in [0.25, 0.3) is 5.91 Å². The summed E-state index contributed by atoms with van der Waals surface area (Å²) >= 11 is 5.89. The van der Waals surface area contributed by atoms with Gasteiger partial charge in [0, 0.05) is 17.0 Å². The van der Waals surface area contributed by atoms with E-state index in [0.29, 0.717) is 35.5 Å². The number of hydrogen-bond donors (Lipinski definition) is 1.